The van der Waals surface area contributed by atoms with Crippen molar-refractivity contribution in [3.63, 3.8) is 0 Å². The molecule has 92 valence electrons. The molecule has 4 heteroatoms. The molecule has 0 bridgehead atoms. The first kappa shape index (κ1) is 12.2. The molecule has 0 unspecified atom stereocenters. The summed E-state index contributed by atoms with van der Waals surface area (Å²) in [5.41, 5.74) is 0.336. The second-order valence-corrected chi connectivity index (χ2v) is 5.42. The van der Waals surface area contributed by atoms with Gasteiger partial charge in [0.05, 0.1) is 0 Å². The van der Waals surface area contributed by atoms with Crippen molar-refractivity contribution < 1.29 is 9.53 Å². The number of amides is 1. The molecule has 2 fully saturated rings. The lowest BCUT2D eigenvalue weighted by molar-refractivity contribution is -0.128. The van der Waals surface area contributed by atoms with Crippen LogP contribution in [0, 0.1) is 11.3 Å². The van der Waals surface area contributed by atoms with Crippen molar-refractivity contribution in [2.45, 2.75) is 32.1 Å². The molecule has 1 saturated carbocycles. The Morgan fingerprint density at radius 3 is 2.62 bits per heavy atom. The van der Waals surface area contributed by atoms with Crippen LogP contribution >= 0.6 is 11.6 Å². The Morgan fingerprint density at radius 2 is 2.06 bits per heavy atom. The predicted octanol–water partition coefficient (Wildman–Crippen LogP) is 1.94. The van der Waals surface area contributed by atoms with Gasteiger partial charge >= 0.3 is 0 Å². The summed E-state index contributed by atoms with van der Waals surface area (Å²) in [5.74, 6) is 1.08. The molecule has 1 saturated heterocycles. The van der Waals surface area contributed by atoms with Crippen molar-refractivity contribution in [3.8, 4) is 0 Å². The van der Waals surface area contributed by atoms with Gasteiger partial charge in [-0.15, -0.1) is 11.6 Å². The molecule has 2 aliphatic rings. The minimum atomic E-state index is 0.167. The number of hydrogen-bond donors (Lipinski definition) is 1. The minimum absolute atomic E-state index is 0.167. The predicted molar refractivity (Wildman–Crippen MR) is 63.6 cm³/mol. The summed E-state index contributed by atoms with van der Waals surface area (Å²) in [4.78, 5) is 11.9. The molecule has 0 spiro atoms. The first-order chi connectivity index (χ1) is 7.76. The Morgan fingerprint density at radius 1 is 1.38 bits per heavy atom. The topological polar surface area (TPSA) is 38.3 Å². The summed E-state index contributed by atoms with van der Waals surface area (Å²) < 4.78 is 5.25. The summed E-state index contributed by atoms with van der Waals surface area (Å²) in [6, 6.07) is 0. The largest absolute Gasteiger partial charge is 0.381 e. The Bertz CT molecular complexity index is 247. The van der Waals surface area contributed by atoms with Gasteiger partial charge in [-0.1, -0.05) is 0 Å². The van der Waals surface area contributed by atoms with E-state index in [1.165, 1.54) is 12.8 Å². The van der Waals surface area contributed by atoms with Gasteiger partial charge in [0.15, 0.2) is 0 Å². The molecule has 0 atom stereocenters. The van der Waals surface area contributed by atoms with Gasteiger partial charge in [0.2, 0.25) is 5.91 Å². The molecule has 2 rings (SSSR count). The van der Waals surface area contributed by atoms with Gasteiger partial charge in [-0.3, -0.25) is 4.79 Å². The molecule has 1 aliphatic heterocycles. The van der Waals surface area contributed by atoms with Crippen LogP contribution < -0.4 is 5.32 Å². The molecule has 1 aliphatic carbocycles. The highest BCUT2D eigenvalue weighted by atomic mass is 35.5. The summed E-state index contributed by atoms with van der Waals surface area (Å²) in [7, 11) is 0. The van der Waals surface area contributed by atoms with E-state index in [1.807, 2.05) is 0 Å². The zero-order chi connectivity index (χ0) is 11.4. The second kappa shape index (κ2) is 5.37. The van der Waals surface area contributed by atoms with E-state index in [-0.39, 0.29) is 11.8 Å². The molecule has 3 nitrogen and oxygen atoms in total. The fraction of sp³-hybridized carbons (Fsp3) is 0.917. The van der Waals surface area contributed by atoms with Crippen LogP contribution in [0.1, 0.15) is 32.1 Å². The molecule has 0 radical (unpaired) electrons. The van der Waals surface area contributed by atoms with Gasteiger partial charge in [0.1, 0.15) is 0 Å². The van der Waals surface area contributed by atoms with E-state index in [9.17, 15) is 4.79 Å². The minimum Gasteiger partial charge on any atom is -0.381 e. The number of carbonyl (C=O) groups is 1. The van der Waals surface area contributed by atoms with E-state index in [1.54, 1.807) is 0 Å². The van der Waals surface area contributed by atoms with E-state index in [0.717, 1.165) is 39.0 Å². The van der Waals surface area contributed by atoms with Crippen LogP contribution in [0.4, 0.5) is 0 Å². The van der Waals surface area contributed by atoms with Crippen LogP contribution in [-0.2, 0) is 9.53 Å². The third kappa shape index (κ3) is 3.11. The monoisotopic (exact) mass is 245 g/mol. The molecule has 1 N–H and O–H groups in total. The lowest BCUT2D eigenvalue weighted by Crippen LogP contribution is -2.37. The molecule has 0 aromatic rings. The highest BCUT2D eigenvalue weighted by molar-refractivity contribution is 6.17. The van der Waals surface area contributed by atoms with E-state index in [4.69, 9.17) is 16.3 Å². The number of carbonyl (C=O) groups excluding carboxylic acids is 1. The van der Waals surface area contributed by atoms with Crippen LogP contribution in [-0.4, -0.2) is 31.5 Å². The first-order valence-corrected chi connectivity index (χ1v) is 6.71. The molecule has 1 heterocycles. The highest BCUT2D eigenvalue weighted by Gasteiger charge is 2.42. The average molecular weight is 246 g/mol. The van der Waals surface area contributed by atoms with Gasteiger partial charge in [-0.2, -0.15) is 0 Å². The van der Waals surface area contributed by atoms with Gasteiger partial charge in [-0.25, -0.2) is 0 Å². The number of hydrogen-bond acceptors (Lipinski definition) is 2. The maximum absolute atomic E-state index is 11.9. The lowest BCUT2D eigenvalue weighted by Gasteiger charge is -2.22. The normalized spacial score (nSPS) is 24.1. The molecular weight excluding hydrogens is 226 g/mol. The molecular formula is C12H20ClNO2. The van der Waals surface area contributed by atoms with Gasteiger partial charge < -0.3 is 10.1 Å². The average Bonchev–Trinajstić information content (AvgIpc) is 3.08. The van der Waals surface area contributed by atoms with Crippen LogP contribution in [0.2, 0.25) is 0 Å². The highest BCUT2D eigenvalue weighted by Crippen LogP contribution is 2.48. The van der Waals surface area contributed by atoms with Crippen molar-refractivity contribution in [2.24, 2.45) is 11.3 Å². The standard InChI is InChI=1S/C12H20ClNO2/c13-6-5-12(3-4-12)9-14-11(15)10-1-7-16-8-2-10/h10H,1-9H2,(H,14,15). The van der Waals surface area contributed by atoms with Crippen molar-refractivity contribution in [1.82, 2.24) is 5.32 Å². The molecule has 16 heavy (non-hydrogen) atoms. The number of halogens is 1. The van der Waals surface area contributed by atoms with Crippen LogP contribution in [0.5, 0.6) is 0 Å². The molecule has 0 aromatic carbocycles. The Labute approximate surface area is 102 Å². The lowest BCUT2D eigenvalue weighted by atomic mass is 9.98. The van der Waals surface area contributed by atoms with Gasteiger partial charge in [0, 0.05) is 31.6 Å². The van der Waals surface area contributed by atoms with Gasteiger partial charge in [-0.05, 0) is 37.5 Å². The SMILES string of the molecule is O=C(NCC1(CCCl)CC1)C1CCOCC1. The number of rotatable bonds is 5. The zero-order valence-electron chi connectivity index (χ0n) is 9.64. The van der Waals surface area contributed by atoms with Crippen LogP contribution in [0.25, 0.3) is 0 Å². The van der Waals surface area contributed by atoms with Crippen molar-refractivity contribution >= 4 is 17.5 Å². The third-order valence-electron chi connectivity index (χ3n) is 3.81. The zero-order valence-corrected chi connectivity index (χ0v) is 10.4. The Kier molecular flexibility index (Phi) is 4.09. The number of ether oxygens (including phenoxy) is 1. The maximum Gasteiger partial charge on any atom is 0.223 e. The maximum atomic E-state index is 11.9. The van der Waals surface area contributed by atoms with E-state index >= 15 is 0 Å². The van der Waals surface area contributed by atoms with Crippen LogP contribution in [0.3, 0.4) is 0 Å². The van der Waals surface area contributed by atoms with E-state index in [0.29, 0.717) is 11.3 Å². The summed E-state index contributed by atoms with van der Waals surface area (Å²) in [6.45, 7) is 2.27. The number of nitrogens with one attached hydrogen (secondary N) is 1. The fourth-order valence-electron chi connectivity index (χ4n) is 2.27. The molecule has 0 aromatic heterocycles. The van der Waals surface area contributed by atoms with Crippen molar-refractivity contribution in [2.75, 3.05) is 25.6 Å². The van der Waals surface area contributed by atoms with Crippen molar-refractivity contribution in [3.05, 3.63) is 0 Å². The summed E-state index contributed by atoms with van der Waals surface area (Å²) >= 11 is 5.76. The second-order valence-electron chi connectivity index (χ2n) is 5.04. The van der Waals surface area contributed by atoms with Gasteiger partial charge in [0.25, 0.3) is 0 Å². The fourth-order valence-corrected chi connectivity index (χ4v) is 2.67. The summed E-state index contributed by atoms with van der Waals surface area (Å²) in [5, 5.41) is 3.09. The smallest absolute Gasteiger partial charge is 0.223 e. The van der Waals surface area contributed by atoms with E-state index < -0.39 is 0 Å². The third-order valence-corrected chi connectivity index (χ3v) is 4.00. The Hall–Kier alpha value is -0.280. The van der Waals surface area contributed by atoms with Crippen LogP contribution in [0.15, 0.2) is 0 Å². The first-order valence-electron chi connectivity index (χ1n) is 6.17. The van der Waals surface area contributed by atoms with Crippen molar-refractivity contribution in [1.29, 1.82) is 0 Å². The molecule has 1 amide bonds. The Balaban J connectivity index is 1.70. The quantitative estimate of drug-likeness (QED) is 0.752. The van der Waals surface area contributed by atoms with E-state index in [2.05, 4.69) is 5.32 Å². The summed E-state index contributed by atoms with van der Waals surface area (Å²) in [6.07, 6.45) is 5.20. The number of alkyl halides is 1.